The third-order valence-corrected chi connectivity index (χ3v) is 3.17. The lowest BCUT2D eigenvalue weighted by molar-refractivity contribution is -0.904. The fourth-order valence-electron chi connectivity index (χ4n) is 2.17. The van der Waals surface area contributed by atoms with Gasteiger partial charge in [-0.05, 0) is 12.1 Å². The molecule has 2 rings (SSSR count). The molecule has 0 saturated carbocycles. The van der Waals surface area contributed by atoms with Crippen molar-refractivity contribution in [1.29, 1.82) is 0 Å². The molecule has 1 aliphatic heterocycles. The lowest BCUT2D eigenvalue weighted by atomic mass is 10.1. The Kier molecular flexibility index (Phi) is 4.92. The predicted octanol–water partition coefficient (Wildman–Crippen LogP) is -0.595. The second-order valence-corrected chi connectivity index (χ2v) is 4.74. The highest BCUT2D eigenvalue weighted by Crippen LogP contribution is 2.01. The molecule has 0 amide bonds. The van der Waals surface area contributed by atoms with Crippen molar-refractivity contribution in [3.8, 4) is 0 Å². The molecule has 0 bridgehead atoms. The summed E-state index contributed by atoms with van der Waals surface area (Å²) in [6, 6.07) is 3.65. The molecular formula is C13H20NO4+. The first-order chi connectivity index (χ1) is 8.74. The zero-order valence-electron chi connectivity index (χ0n) is 10.4. The molecular weight excluding hydrogens is 234 g/mol. The monoisotopic (exact) mass is 254 g/mol. The van der Waals surface area contributed by atoms with Crippen LogP contribution in [0.4, 0.5) is 0 Å². The van der Waals surface area contributed by atoms with E-state index < -0.39 is 6.10 Å². The van der Waals surface area contributed by atoms with Crippen molar-refractivity contribution in [2.75, 3.05) is 26.2 Å². The quantitative estimate of drug-likeness (QED) is 0.712. The lowest BCUT2D eigenvalue weighted by Gasteiger charge is -2.24. The maximum Gasteiger partial charge on any atom is 0.144 e. The van der Waals surface area contributed by atoms with Crippen LogP contribution in [-0.4, -0.2) is 43.2 Å². The summed E-state index contributed by atoms with van der Waals surface area (Å²) in [6.07, 6.45) is 2.39. The van der Waals surface area contributed by atoms with E-state index in [1.165, 1.54) is 4.90 Å². The maximum absolute atomic E-state index is 11.1. The number of ether oxygens (including phenoxy) is 1. The Morgan fingerprint density at radius 1 is 1.44 bits per heavy atom. The van der Waals surface area contributed by atoms with Gasteiger partial charge in [0.1, 0.15) is 30.8 Å². The largest absolute Gasteiger partial charge is 0.467 e. The Morgan fingerprint density at radius 3 is 2.89 bits per heavy atom. The molecule has 5 nitrogen and oxygen atoms in total. The smallest absolute Gasteiger partial charge is 0.144 e. The number of rotatable bonds is 6. The van der Waals surface area contributed by atoms with Crippen LogP contribution in [0, 0.1) is 0 Å². The molecule has 1 atom stereocenters. The first-order valence-corrected chi connectivity index (χ1v) is 6.37. The Morgan fingerprint density at radius 2 is 2.22 bits per heavy atom. The van der Waals surface area contributed by atoms with Crippen molar-refractivity contribution in [1.82, 2.24) is 0 Å². The second-order valence-electron chi connectivity index (χ2n) is 4.74. The highest BCUT2D eigenvalue weighted by molar-refractivity contribution is 5.78. The summed E-state index contributed by atoms with van der Waals surface area (Å²) >= 11 is 0. The van der Waals surface area contributed by atoms with E-state index >= 15 is 0 Å². The fourth-order valence-corrected chi connectivity index (χ4v) is 2.17. The molecule has 0 radical (unpaired) electrons. The van der Waals surface area contributed by atoms with Crippen LogP contribution in [0.1, 0.15) is 18.6 Å². The molecule has 0 aliphatic carbocycles. The molecule has 2 N–H and O–H groups in total. The van der Waals surface area contributed by atoms with Gasteiger partial charge in [0.05, 0.1) is 38.8 Å². The van der Waals surface area contributed by atoms with Crippen LogP contribution in [0.5, 0.6) is 0 Å². The number of furan rings is 1. The number of carbonyl (C=O) groups is 1. The van der Waals surface area contributed by atoms with Gasteiger partial charge >= 0.3 is 0 Å². The molecule has 1 saturated heterocycles. The van der Waals surface area contributed by atoms with Gasteiger partial charge in [0, 0.05) is 0 Å². The minimum atomic E-state index is -0.483. The zero-order chi connectivity index (χ0) is 12.8. The molecule has 1 aliphatic rings. The van der Waals surface area contributed by atoms with E-state index in [2.05, 4.69) is 0 Å². The molecule has 1 aromatic heterocycles. The van der Waals surface area contributed by atoms with Crippen LogP contribution in [0.2, 0.25) is 0 Å². The van der Waals surface area contributed by atoms with E-state index in [-0.39, 0.29) is 0 Å². The summed E-state index contributed by atoms with van der Waals surface area (Å²) < 4.78 is 10.5. The van der Waals surface area contributed by atoms with Crippen molar-refractivity contribution in [3.63, 3.8) is 0 Å². The van der Waals surface area contributed by atoms with E-state index in [0.717, 1.165) is 18.8 Å². The molecule has 0 spiro atoms. The molecule has 2 heterocycles. The van der Waals surface area contributed by atoms with Gasteiger partial charge < -0.3 is 19.2 Å². The third kappa shape index (κ3) is 4.25. The SMILES string of the molecule is O=C1CC[NH+](C[C@@H](O)COCc2ccco2)CC1. The van der Waals surface area contributed by atoms with Gasteiger partial charge in [-0.1, -0.05) is 0 Å². The van der Waals surface area contributed by atoms with Crippen molar-refractivity contribution >= 4 is 5.78 Å². The van der Waals surface area contributed by atoms with Gasteiger partial charge in [-0.15, -0.1) is 0 Å². The fraction of sp³-hybridized carbons (Fsp3) is 0.615. The second kappa shape index (κ2) is 6.68. The Bertz CT molecular complexity index is 353. The van der Waals surface area contributed by atoms with E-state index in [4.69, 9.17) is 9.15 Å². The third-order valence-electron chi connectivity index (χ3n) is 3.17. The molecule has 5 heteroatoms. The van der Waals surface area contributed by atoms with E-state index in [1.54, 1.807) is 6.26 Å². The summed E-state index contributed by atoms with van der Waals surface area (Å²) in [5.41, 5.74) is 0. The maximum atomic E-state index is 11.1. The molecule has 1 aromatic rings. The number of ketones is 1. The number of nitrogens with one attached hydrogen (secondary N) is 1. The Labute approximate surface area is 106 Å². The topological polar surface area (TPSA) is 64.1 Å². The summed E-state index contributed by atoms with van der Waals surface area (Å²) in [6.45, 7) is 2.99. The van der Waals surface area contributed by atoms with Gasteiger partial charge in [0.25, 0.3) is 0 Å². The Balaban J connectivity index is 1.60. The van der Waals surface area contributed by atoms with Crippen LogP contribution in [0.15, 0.2) is 22.8 Å². The summed E-state index contributed by atoms with van der Waals surface area (Å²) in [5.74, 6) is 1.10. The first-order valence-electron chi connectivity index (χ1n) is 6.37. The van der Waals surface area contributed by atoms with Crippen molar-refractivity contribution in [2.24, 2.45) is 0 Å². The highest BCUT2D eigenvalue weighted by Gasteiger charge is 2.21. The van der Waals surface area contributed by atoms with Crippen molar-refractivity contribution in [2.45, 2.75) is 25.6 Å². The molecule has 1 fully saturated rings. The zero-order valence-corrected chi connectivity index (χ0v) is 10.4. The molecule has 100 valence electrons. The number of aliphatic hydroxyl groups excluding tert-OH is 1. The van der Waals surface area contributed by atoms with Crippen LogP contribution in [0.25, 0.3) is 0 Å². The molecule has 0 aromatic carbocycles. The van der Waals surface area contributed by atoms with Crippen molar-refractivity contribution < 1.29 is 24.0 Å². The van der Waals surface area contributed by atoms with Crippen molar-refractivity contribution in [3.05, 3.63) is 24.2 Å². The van der Waals surface area contributed by atoms with E-state index in [0.29, 0.717) is 38.4 Å². The van der Waals surface area contributed by atoms with Gasteiger partial charge in [-0.2, -0.15) is 0 Å². The van der Waals surface area contributed by atoms with Crippen LogP contribution >= 0.6 is 0 Å². The normalized spacial score (nSPS) is 19.1. The number of piperidine rings is 1. The van der Waals surface area contributed by atoms with Gasteiger partial charge in [-0.3, -0.25) is 4.79 Å². The van der Waals surface area contributed by atoms with Gasteiger partial charge in [0.2, 0.25) is 0 Å². The summed E-state index contributed by atoms with van der Waals surface area (Å²) in [4.78, 5) is 12.4. The average molecular weight is 254 g/mol. The number of Topliss-reactive ketones (excluding diaryl/α,β-unsaturated/α-hetero) is 1. The minimum Gasteiger partial charge on any atom is -0.467 e. The number of hydrogen-bond donors (Lipinski definition) is 2. The minimum absolute atomic E-state index is 0.304. The number of hydrogen-bond acceptors (Lipinski definition) is 4. The van der Waals surface area contributed by atoms with Crippen LogP contribution in [0.3, 0.4) is 0 Å². The average Bonchev–Trinajstić information content (AvgIpc) is 2.85. The van der Waals surface area contributed by atoms with Gasteiger partial charge in [-0.25, -0.2) is 0 Å². The first kappa shape index (κ1) is 13.3. The molecule has 0 unspecified atom stereocenters. The summed E-state index contributed by atoms with van der Waals surface area (Å²) in [7, 11) is 0. The van der Waals surface area contributed by atoms with Crippen LogP contribution < -0.4 is 4.90 Å². The van der Waals surface area contributed by atoms with Gasteiger partial charge in [0.15, 0.2) is 0 Å². The lowest BCUT2D eigenvalue weighted by Crippen LogP contribution is -3.14. The van der Waals surface area contributed by atoms with E-state index in [1.807, 2.05) is 12.1 Å². The number of likely N-dealkylation sites (tertiary alicyclic amines) is 1. The number of carbonyl (C=O) groups excluding carboxylic acids is 1. The standard InChI is InChI=1S/C13H19NO4/c15-11-3-5-14(6-4-11)8-12(16)9-17-10-13-2-1-7-18-13/h1-2,7,12,16H,3-6,8-10H2/p+1/t12-/m1/s1. The predicted molar refractivity (Wildman–Crippen MR) is 64.2 cm³/mol. The number of quaternary nitrogens is 1. The summed E-state index contributed by atoms with van der Waals surface area (Å²) in [5, 5.41) is 9.83. The highest BCUT2D eigenvalue weighted by atomic mass is 16.5. The molecule has 18 heavy (non-hydrogen) atoms. The Hall–Kier alpha value is -1.17. The number of aliphatic hydroxyl groups is 1. The van der Waals surface area contributed by atoms with E-state index in [9.17, 15) is 9.90 Å². The van der Waals surface area contributed by atoms with Crippen LogP contribution in [-0.2, 0) is 16.1 Å².